The highest BCUT2D eigenvalue weighted by Crippen LogP contribution is 2.21. The molecule has 2 amide bonds. The SMILES string of the molecule is CC(C)CC(NC(=O)c1ccc(Cl)cc1Cl)C(=O)N1CCNCC1.Cl. The topological polar surface area (TPSA) is 61.4 Å². The smallest absolute Gasteiger partial charge is 0.253 e. The van der Waals surface area contributed by atoms with E-state index in [1.807, 2.05) is 13.8 Å². The molecule has 2 N–H and O–H groups in total. The zero-order valence-electron chi connectivity index (χ0n) is 14.4. The molecule has 1 heterocycles. The maximum Gasteiger partial charge on any atom is 0.253 e. The van der Waals surface area contributed by atoms with E-state index in [9.17, 15) is 9.59 Å². The molecule has 1 aliphatic heterocycles. The van der Waals surface area contributed by atoms with Gasteiger partial charge in [-0.1, -0.05) is 37.0 Å². The van der Waals surface area contributed by atoms with Crippen molar-refractivity contribution in [2.45, 2.75) is 26.3 Å². The van der Waals surface area contributed by atoms with Crippen molar-refractivity contribution in [2.75, 3.05) is 26.2 Å². The number of nitrogens with zero attached hydrogens (tertiary/aromatic N) is 1. The van der Waals surface area contributed by atoms with E-state index in [1.165, 1.54) is 6.07 Å². The fourth-order valence-electron chi connectivity index (χ4n) is 2.71. The van der Waals surface area contributed by atoms with Gasteiger partial charge in [-0.3, -0.25) is 9.59 Å². The molecule has 1 aromatic rings. The molecule has 1 aromatic carbocycles. The van der Waals surface area contributed by atoms with E-state index < -0.39 is 6.04 Å². The summed E-state index contributed by atoms with van der Waals surface area (Å²) in [4.78, 5) is 27.1. The molecule has 0 saturated carbocycles. The van der Waals surface area contributed by atoms with Crippen LogP contribution in [0.4, 0.5) is 0 Å². The highest BCUT2D eigenvalue weighted by Gasteiger charge is 2.28. The van der Waals surface area contributed by atoms with Crippen molar-refractivity contribution >= 4 is 47.4 Å². The van der Waals surface area contributed by atoms with Gasteiger partial charge in [0, 0.05) is 31.2 Å². The van der Waals surface area contributed by atoms with E-state index in [1.54, 1.807) is 17.0 Å². The van der Waals surface area contributed by atoms with Gasteiger partial charge >= 0.3 is 0 Å². The van der Waals surface area contributed by atoms with Gasteiger partial charge < -0.3 is 15.5 Å². The molecule has 5 nitrogen and oxygen atoms in total. The van der Waals surface area contributed by atoms with Crippen molar-refractivity contribution in [2.24, 2.45) is 5.92 Å². The lowest BCUT2D eigenvalue weighted by Crippen LogP contribution is -2.54. The number of piperazine rings is 1. The van der Waals surface area contributed by atoms with Gasteiger partial charge in [-0.15, -0.1) is 12.4 Å². The molecule has 1 aliphatic rings. The largest absolute Gasteiger partial charge is 0.340 e. The standard InChI is InChI=1S/C17H23Cl2N3O2.ClH/c1-11(2)9-15(17(24)22-7-5-20-6-8-22)21-16(23)13-4-3-12(18)10-14(13)19;/h3-4,10-11,15,20H,5-9H2,1-2H3,(H,21,23);1H. The van der Waals surface area contributed by atoms with Crippen LogP contribution in [0.2, 0.25) is 10.0 Å². The monoisotopic (exact) mass is 407 g/mol. The second-order valence-corrected chi connectivity index (χ2v) is 7.20. The Kier molecular flexibility index (Phi) is 9.00. The number of halogens is 3. The second-order valence-electron chi connectivity index (χ2n) is 6.36. The number of hydrogen-bond acceptors (Lipinski definition) is 3. The first-order valence-electron chi connectivity index (χ1n) is 8.14. The van der Waals surface area contributed by atoms with Gasteiger partial charge in [-0.05, 0) is 30.5 Å². The summed E-state index contributed by atoms with van der Waals surface area (Å²) in [5, 5.41) is 6.80. The molecular formula is C17H24Cl3N3O2. The van der Waals surface area contributed by atoms with E-state index in [0.29, 0.717) is 30.1 Å². The molecule has 1 atom stereocenters. The first kappa shape index (κ1) is 22.0. The molecule has 0 bridgehead atoms. The zero-order valence-corrected chi connectivity index (χ0v) is 16.7. The number of rotatable bonds is 5. The van der Waals surface area contributed by atoms with Crippen molar-refractivity contribution in [3.05, 3.63) is 33.8 Å². The molecule has 140 valence electrons. The lowest BCUT2D eigenvalue weighted by atomic mass is 10.0. The van der Waals surface area contributed by atoms with Crippen LogP contribution in [0, 0.1) is 5.92 Å². The quantitative estimate of drug-likeness (QED) is 0.787. The molecule has 0 radical (unpaired) electrons. The highest BCUT2D eigenvalue weighted by molar-refractivity contribution is 6.36. The average Bonchev–Trinajstić information content (AvgIpc) is 2.53. The predicted octanol–water partition coefficient (Wildman–Crippen LogP) is 2.99. The fraction of sp³-hybridized carbons (Fsp3) is 0.529. The van der Waals surface area contributed by atoms with E-state index >= 15 is 0 Å². The van der Waals surface area contributed by atoms with Crippen LogP contribution < -0.4 is 10.6 Å². The number of carbonyl (C=O) groups is 2. The minimum atomic E-state index is -0.553. The highest BCUT2D eigenvalue weighted by atomic mass is 35.5. The average molecular weight is 409 g/mol. The molecule has 0 aliphatic carbocycles. The Hall–Kier alpha value is -1.01. The van der Waals surface area contributed by atoms with Gasteiger partial charge in [0.25, 0.3) is 5.91 Å². The Morgan fingerprint density at radius 2 is 1.88 bits per heavy atom. The molecule has 25 heavy (non-hydrogen) atoms. The Morgan fingerprint density at radius 3 is 2.44 bits per heavy atom. The van der Waals surface area contributed by atoms with Crippen LogP contribution in [0.3, 0.4) is 0 Å². The third kappa shape index (κ3) is 6.33. The molecule has 1 fully saturated rings. The Bertz CT molecular complexity index is 605. The van der Waals surface area contributed by atoms with Crippen molar-refractivity contribution < 1.29 is 9.59 Å². The van der Waals surface area contributed by atoms with Gasteiger partial charge in [-0.2, -0.15) is 0 Å². The lowest BCUT2D eigenvalue weighted by molar-refractivity contribution is -0.134. The molecule has 8 heteroatoms. The van der Waals surface area contributed by atoms with Crippen LogP contribution in [0.25, 0.3) is 0 Å². The summed E-state index contributed by atoms with van der Waals surface area (Å²) in [5.74, 6) is -0.114. The molecule has 2 rings (SSSR count). The number of carbonyl (C=O) groups excluding carboxylic acids is 2. The van der Waals surface area contributed by atoms with Crippen molar-refractivity contribution in [1.29, 1.82) is 0 Å². The minimum Gasteiger partial charge on any atom is -0.340 e. The summed E-state index contributed by atoms with van der Waals surface area (Å²) in [6.45, 7) is 6.92. The van der Waals surface area contributed by atoms with E-state index in [-0.39, 0.29) is 35.2 Å². The van der Waals surface area contributed by atoms with Gasteiger partial charge in [-0.25, -0.2) is 0 Å². The van der Waals surface area contributed by atoms with Crippen molar-refractivity contribution in [3.63, 3.8) is 0 Å². The number of nitrogens with one attached hydrogen (secondary N) is 2. The van der Waals surface area contributed by atoms with Crippen molar-refractivity contribution in [1.82, 2.24) is 15.5 Å². The fourth-order valence-corrected chi connectivity index (χ4v) is 3.20. The molecule has 1 saturated heterocycles. The lowest BCUT2D eigenvalue weighted by Gasteiger charge is -2.31. The Labute approximate surface area is 164 Å². The first-order valence-corrected chi connectivity index (χ1v) is 8.89. The zero-order chi connectivity index (χ0) is 17.7. The van der Waals surface area contributed by atoms with Gasteiger partial charge in [0.15, 0.2) is 0 Å². The Morgan fingerprint density at radius 1 is 1.24 bits per heavy atom. The third-order valence-electron chi connectivity index (χ3n) is 3.91. The summed E-state index contributed by atoms with van der Waals surface area (Å²) >= 11 is 12.0. The van der Waals surface area contributed by atoms with E-state index in [4.69, 9.17) is 23.2 Å². The first-order chi connectivity index (χ1) is 11.4. The summed E-state index contributed by atoms with van der Waals surface area (Å²) in [6.07, 6.45) is 0.583. The number of amides is 2. The maximum atomic E-state index is 12.8. The number of benzene rings is 1. The van der Waals surface area contributed by atoms with Crippen LogP contribution in [-0.4, -0.2) is 48.9 Å². The van der Waals surface area contributed by atoms with Crippen LogP contribution in [-0.2, 0) is 4.79 Å². The van der Waals surface area contributed by atoms with Crippen LogP contribution in [0.1, 0.15) is 30.6 Å². The minimum absolute atomic E-state index is 0. The summed E-state index contributed by atoms with van der Waals surface area (Å²) in [5.41, 5.74) is 0.322. The molecule has 0 spiro atoms. The summed E-state index contributed by atoms with van der Waals surface area (Å²) in [7, 11) is 0. The summed E-state index contributed by atoms with van der Waals surface area (Å²) < 4.78 is 0. The maximum absolute atomic E-state index is 12.8. The molecule has 0 aromatic heterocycles. The molecular weight excluding hydrogens is 385 g/mol. The van der Waals surface area contributed by atoms with Gasteiger partial charge in [0.05, 0.1) is 10.6 Å². The van der Waals surface area contributed by atoms with Gasteiger partial charge in [0.2, 0.25) is 5.91 Å². The van der Waals surface area contributed by atoms with Crippen LogP contribution in [0.5, 0.6) is 0 Å². The van der Waals surface area contributed by atoms with Crippen LogP contribution >= 0.6 is 35.6 Å². The summed E-state index contributed by atoms with van der Waals surface area (Å²) in [6, 6.07) is 4.15. The Balaban J connectivity index is 0.00000312. The molecule has 1 unspecified atom stereocenters. The number of hydrogen-bond donors (Lipinski definition) is 2. The predicted molar refractivity (Wildman–Crippen MR) is 104 cm³/mol. The van der Waals surface area contributed by atoms with Crippen molar-refractivity contribution in [3.8, 4) is 0 Å². The van der Waals surface area contributed by atoms with E-state index in [0.717, 1.165) is 13.1 Å². The van der Waals surface area contributed by atoms with Gasteiger partial charge in [0.1, 0.15) is 6.04 Å². The van der Waals surface area contributed by atoms with E-state index in [2.05, 4.69) is 10.6 Å². The van der Waals surface area contributed by atoms with Crippen LogP contribution in [0.15, 0.2) is 18.2 Å². The normalized spacial score (nSPS) is 15.5. The third-order valence-corrected chi connectivity index (χ3v) is 4.46. The second kappa shape index (κ2) is 10.2.